The maximum absolute atomic E-state index is 14.1. The number of aliphatic hydroxyl groups excluding tert-OH is 2. The number of para-hydroxylation sites is 1. The van der Waals surface area contributed by atoms with Crippen molar-refractivity contribution >= 4 is 38.4 Å². The summed E-state index contributed by atoms with van der Waals surface area (Å²) in [6.07, 6.45) is -5.52. The lowest BCUT2D eigenvalue weighted by Gasteiger charge is -2.22. The molecule has 6 rings (SSSR count). The Kier molecular flexibility index (Phi) is 14.4. The predicted octanol–water partition coefficient (Wildman–Crippen LogP) is 5.60. The zero-order chi connectivity index (χ0) is 45.9. The molecule has 19 nitrogen and oxygen atoms in total. The molecule has 0 spiro atoms. The zero-order valence-electron chi connectivity index (χ0n) is 35.3. The second kappa shape index (κ2) is 19.1. The molecule has 0 saturated carbocycles. The largest absolute Gasteiger partial charge is 0.484 e. The van der Waals surface area contributed by atoms with Crippen molar-refractivity contribution < 1.29 is 65.7 Å². The van der Waals surface area contributed by atoms with Crippen molar-refractivity contribution in [3.8, 4) is 5.75 Å². The van der Waals surface area contributed by atoms with Crippen molar-refractivity contribution in [2.75, 3.05) is 6.61 Å². The van der Waals surface area contributed by atoms with Crippen LogP contribution in [0.5, 0.6) is 5.75 Å². The van der Waals surface area contributed by atoms with E-state index < -0.39 is 88.1 Å². The first-order chi connectivity index (χ1) is 29.5. The summed E-state index contributed by atoms with van der Waals surface area (Å²) >= 11 is 0. The number of ether oxygens (including phenoxy) is 2. The van der Waals surface area contributed by atoms with E-state index in [1.54, 1.807) is 69.3 Å². The van der Waals surface area contributed by atoms with Gasteiger partial charge in [-0.1, -0.05) is 74.5 Å². The van der Waals surface area contributed by atoms with E-state index in [-0.39, 0.29) is 30.2 Å². The number of aromatic nitrogens is 3. The van der Waals surface area contributed by atoms with Gasteiger partial charge in [0.25, 0.3) is 5.56 Å². The quantitative estimate of drug-likeness (QED) is 0.0583. The number of hydrogen-bond donors (Lipinski definition) is 3. The van der Waals surface area contributed by atoms with Crippen LogP contribution in [0.25, 0.3) is 11.0 Å². The normalized spacial score (nSPS) is 20.0. The fourth-order valence-corrected chi connectivity index (χ4v) is 8.60. The third-order valence-corrected chi connectivity index (χ3v) is 12.8. The maximum atomic E-state index is 14.1. The molecule has 21 heteroatoms. The molecule has 0 bridgehead atoms. The van der Waals surface area contributed by atoms with Gasteiger partial charge in [0.05, 0.1) is 31.8 Å². The van der Waals surface area contributed by atoms with Gasteiger partial charge in [-0.15, -0.1) is 0 Å². The summed E-state index contributed by atoms with van der Waals surface area (Å²) < 4.78 is 66.6. The van der Waals surface area contributed by atoms with Gasteiger partial charge >= 0.3 is 27.3 Å². The molecule has 338 valence electrons. The SMILES string of the molecule is CC(C)(C)C(=O)Cc1ccc(COP(=O)(OCc2ccc(OC(=O)C(C)(C)C)cc2)OP(=O)(O)OC[C@H]2O[C@@H](n3ccc(=O)n(Cc4noc5ccccc45)c3=O)C(O)[C@H]2O)cc1. The number of hydrogen-bond acceptors (Lipinski definition) is 16. The standard InChI is InChI=1S/C42H49N3O16P2/c1-41(2,3)34(46)21-26-11-13-27(14-12-26)23-56-63(54,57-24-28-15-17-29(18-16-28)58-39(50)42(4,5)6)61-62(52,53)55-25-33-36(48)37(49)38(59-33)44-20-19-35(47)45(40(44)51)22-31-30-9-7-8-10-32(30)60-43-31/h7-20,33,36-38,48-49H,21-25H2,1-6H3,(H,52,53)/t33-,36+,37?,38-,63?/m1/s1. The number of rotatable bonds is 17. The molecule has 6 atom stereocenters. The molecule has 3 unspecified atom stereocenters. The summed E-state index contributed by atoms with van der Waals surface area (Å²) in [4.78, 5) is 62.0. The molecule has 3 heterocycles. The molecule has 1 fully saturated rings. The van der Waals surface area contributed by atoms with Gasteiger partial charge in [-0.3, -0.25) is 37.1 Å². The summed E-state index contributed by atoms with van der Waals surface area (Å²) in [6, 6.07) is 20.4. The molecule has 1 saturated heterocycles. The number of aliphatic hydroxyl groups is 2. The molecule has 0 radical (unpaired) electrons. The molecular weight excluding hydrogens is 864 g/mol. The molecule has 5 aromatic rings. The highest BCUT2D eigenvalue weighted by atomic mass is 31.3. The topological polar surface area (TPSA) is 254 Å². The highest BCUT2D eigenvalue weighted by Crippen LogP contribution is 2.64. The molecule has 1 aliphatic rings. The van der Waals surface area contributed by atoms with E-state index in [0.29, 0.717) is 22.1 Å². The first-order valence-electron chi connectivity index (χ1n) is 19.7. The zero-order valence-corrected chi connectivity index (χ0v) is 37.1. The molecule has 3 N–H and O–H groups in total. The highest BCUT2D eigenvalue weighted by molar-refractivity contribution is 7.61. The number of nitrogens with zero attached hydrogens (tertiary/aromatic N) is 3. The Morgan fingerprint density at radius 2 is 1.40 bits per heavy atom. The Labute approximate surface area is 361 Å². The minimum absolute atomic E-state index is 0.0190. The number of ketones is 1. The van der Waals surface area contributed by atoms with E-state index in [4.69, 9.17) is 31.9 Å². The van der Waals surface area contributed by atoms with E-state index in [9.17, 15) is 43.4 Å². The summed E-state index contributed by atoms with van der Waals surface area (Å²) in [5.74, 6) is -0.227. The number of carbonyl (C=O) groups excluding carboxylic acids is 2. The average Bonchev–Trinajstić information content (AvgIpc) is 3.76. The minimum atomic E-state index is -5.41. The van der Waals surface area contributed by atoms with Crippen LogP contribution in [0.15, 0.2) is 99.2 Å². The van der Waals surface area contributed by atoms with Crippen LogP contribution in [0.3, 0.4) is 0 Å². The number of phosphoric ester groups is 2. The number of fused-ring (bicyclic) bond motifs is 1. The Bertz CT molecular complexity index is 2570. The highest BCUT2D eigenvalue weighted by Gasteiger charge is 2.46. The van der Waals surface area contributed by atoms with Crippen LogP contribution in [0.1, 0.15) is 70.2 Å². The smallest absolute Gasteiger partial charge is 0.426 e. The van der Waals surface area contributed by atoms with Crippen molar-refractivity contribution in [3.63, 3.8) is 0 Å². The second-order valence-corrected chi connectivity index (χ2v) is 20.2. The first kappa shape index (κ1) is 47.6. The average molecular weight is 914 g/mol. The van der Waals surface area contributed by atoms with Crippen LogP contribution in [0, 0.1) is 10.8 Å². The van der Waals surface area contributed by atoms with Gasteiger partial charge in [0.2, 0.25) is 0 Å². The van der Waals surface area contributed by atoms with E-state index in [2.05, 4.69) is 5.16 Å². The van der Waals surface area contributed by atoms with Crippen LogP contribution >= 0.6 is 15.6 Å². The van der Waals surface area contributed by atoms with Crippen molar-refractivity contribution in [2.45, 2.75) is 92.3 Å². The summed E-state index contributed by atoms with van der Waals surface area (Å²) in [6.45, 7) is 8.35. The fraction of sp³-hybridized carbons (Fsp3) is 0.405. The third kappa shape index (κ3) is 12.0. The molecular formula is C42H49N3O16P2. The van der Waals surface area contributed by atoms with Gasteiger partial charge in [-0.05, 0) is 61.7 Å². The van der Waals surface area contributed by atoms with Crippen molar-refractivity contribution in [1.82, 2.24) is 14.3 Å². The fourth-order valence-electron chi connectivity index (χ4n) is 6.00. The number of benzene rings is 3. The van der Waals surface area contributed by atoms with Gasteiger partial charge in [0.1, 0.15) is 35.5 Å². The van der Waals surface area contributed by atoms with E-state index in [0.717, 1.165) is 27.0 Å². The van der Waals surface area contributed by atoms with Crippen LogP contribution in [0.4, 0.5) is 0 Å². The lowest BCUT2D eigenvalue weighted by molar-refractivity contribution is -0.143. The van der Waals surface area contributed by atoms with Crippen LogP contribution < -0.4 is 16.0 Å². The molecule has 3 aromatic carbocycles. The number of esters is 1. The van der Waals surface area contributed by atoms with Crippen LogP contribution in [-0.2, 0) is 67.5 Å². The Morgan fingerprint density at radius 3 is 2.02 bits per heavy atom. The van der Waals surface area contributed by atoms with Gasteiger partial charge in [-0.25, -0.2) is 13.9 Å². The van der Waals surface area contributed by atoms with Gasteiger partial charge in [0.15, 0.2) is 11.8 Å². The number of carbonyl (C=O) groups is 2. The minimum Gasteiger partial charge on any atom is -0.426 e. The van der Waals surface area contributed by atoms with Gasteiger partial charge in [0, 0.05) is 29.5 Å². The summed E-state index contributed by atoms with van der Waals surface area (Å²) in [5, 5.41) is 26.3. The summed E-state index contributed by atoms with van der Waals surface area (Å²) in [5.41, 5.74) is -0.712. The number of phosphoric acid groups is 2. The Hall–Kier alpha value is -4.91. The number of Topliss-reactive ketones (excluding diaryl/α,β-unsaturated/α-hetero) is 1. The monoisotopic (exact) mass is 913 g/mol. The third-order valence-electron chi connectivity index (χ3n) is 9.82. The maximum Gasteiger partial charge on any atom is 0.484 e. The van der Waals surface area contributed by atoms with Crippen LogP contribution in [-0.4, -0.2) is 66.1 Å². The first-order valence-corrected chi connectivity index (χ1v) is 22.6. The lowest BCUT2D eigenvalue weighted by atomic mass is 9.87. The predicted molar refractivity (Wildman–Crippen MR) is 224 cm³/mol. The van der Waals surface area contributed by atoms with Crippen molar-refractivity contribution in [2.24, 2.45) is 10.8 Å². The van der Waals surface area contributed by atoms with E-state index in [1.807, 2.05) is 20.8 Å². The van der Waals surface area contributed by atoms with Gasteiger partial charge < -0.3 is 29.1 Å². The molecule has 1 aliphatic heterocycles. The van der Waals surface area contributed by atoms with Crippen molar-refractivity contribution in [3.05, 3.63) is 128 Å². The van der Waals surface area contributed by atoms with E-state index >= 15 is 0 Å². The van der Waals surface area contributed by atoms with Crippen LogP contribution in [0.2, 0.25) is 0 Å². The second-order valence-electron chi connectivity index (χ2n) is 16.9. The van der Waals surface area contributed by atoms with Crippen molar-refractivity contribution in [1.29, 1.82) is 0 Å². The lowest BCUT2D eigenvalue weighted by Crippen LogP contribution is -2.43. The summed E-state index contributed by atoms with van der Waals surface area (Å²) in [7, 11) is -10.4. The molecule has 63 heavy (non-hydrogen) atoms. The van der Waals surface area contributed by atoms with Gasteiger partial charge in [-0.2, -0.15) is 4.31 Å². The molecule has 0 aliphatic carbocycles. The Morgan fingerprint density at radius 1 is 0.794 bits per heavy atom. The molecule has 0 amide bonds. The molecule has 2 aromatic heterocycles. The van der Waals surface area contributed by atoms with E-state index in [1.165, 1.54) is 24.3 Å². The Balaban J connectivity index is 1.14.